The highest BCUT2D eigenvalue weighted by Crippen LogP contribution is 2.35. The first kappa shape index (κ1) is 37.3. The fourth-order valence-corrected chi connectivity index (χ4v) is 7.04. The summed E-state index contributed by atoms with van der Waals surface area (Å²) in [5.74, 6) is -2.41. The van der Waals surface area contributed by atoms with Crippen LogP contribution in [0.5, 0.6) is 0 Å². The number of ether oxygens (including phenoxy) is 2. The van der Waals surface area contributed by atoms with E-state index in [9.17, 15) is 39.0 Å². The predicted molar refractivity (Wildman–Crippen MR) is 190 cm³/mol. The van der Waals surface area contributed by atoms with Gasteiger partial charge in [-0.05, 0) is 54.5 Å². The lowest BCUT2D eigenvalue weighted by atomic mass is 10.0. The number of nitrogens with zero attached hydrogens (tertiary/aromatic N) is 4. The minimum Gasteiger partial charge on any atom is -0.481 e. The van der Waals surface area contributed by atoms with Crippen molar-refractivity contribution in [2.45, 2.75) is 62.7 Å². The van der Waals surface area contributed by atoms with Crippen LogP contribution in [-0.4, -0.2) is 115 Å². The predicted octanol–water partition coefficient (Wildman–Crippen LogP) is 3.35. The summed E-state index contributed by atoms with van der Waals surface area (Å²) < 4.78 is 9.16. The van der Waals surface area contributed by atoms with Gasteiger partial charge in [0, 0.05) is 13.1 Å². The third kappa shape index (κ3) is 8.11. The summed E-state index contributed by atoms with van der Waals surface area (Å²) in [6.45, 7) is 0.766. The maximum absolute atomic E-state index is 13.4. The normalized spacial score (nSPS) is 17.9. The van der Waals surface area contributed by atoms with Gasteiger partial charge in [0.2, 0.25) is 11.8 Å². The second-order valence-electron chi connectivity index (χ2n) is 13.1. The molecule has 0 radical (unpaired) electrons. The molecule has 4 amide bonds. The van der Waals surface area contributed by atoms with Crippen LogP contribution in [-0.2, 0) is 28.7 Å². The van der Waals surface area contributed by atoms with E-state index in [1.54, 1.807) is 11.1 Å². The molecule has 284 valence electrons. The summed E-state index contributed by atoms with van der Waals surface area (Å²) in [5, 5.41) is 23.3. The topological polar surface area (TPSA) is 249 Å². The van der Waals surface area contributed by atoms with Gasteiger partial charge in [-0.25, -0.2) is 19.6 Å². The molecule has 0 unspecified atom stereocenters. The van der Waals surface area contributed by atoms with Crippen LogP contribution in [0.15, 0.2) is 48.7 Å². The van der Waals surface area contributed by atoms with E-state index in [-0.39, 0.29) is 0 Å². The van der Waals surface area contributed by atoms with Crippen LogP contribution in [0.2, 0.25) is 0 Å². The van der Waals surface area contributed by atoms with Crippen LogP contribution in [0.1, 0.15) is 62.3 Å². The molecular formula is C36H40N8O10. The highest BCUT2D eigenvalue weighted by molar-refractivity contribution is 5.91. The molecule has 2 aromatic heterocycles. The molecule has 2 aliphatic heterocycles. The van der Waals surface area contributed by atoms with Crippen molar-refractivity contribution in [3.8, 4) is 22.4 Å². The zero-order chi connectivity index (χ0) is 38.5. The van der Waals surface area contributed by atoms with Gasteiger partial charge in [-0.2, -0.15) is 0 Å². The number of H-pyrrole nitrogens is 2. The van der Waals surface area contributed by atoms with Gasteiger partial charge in [0.05, 0.1) is 62.1 Å². The first-order valence-electron chi connectivity index (χ1n) is 17.3. The number of amides is 4. The largest absolute Gasteiger partial charge is 0.481 e. The van der Waals surface area contributed by atoms with E-state index in [4.69, 9.17) is 4.98 Å². The standard InChI is InChI=1S/C36H40N8O10/c1-53-35(51)41-24(16-29(45)46)33(49)43-13-3-5-27(43)31-37-18-26(40-31)20-9-7-19(8-10-20)21-11-12-22-23(15-21)39-32(38-22)28-6-4-14-44(28)34(50)25(17-30(47)48)42-36(52)54-2/h7-12,15,18,24-25,27-28H,3-6,13-14,16-17H2,1-2H3,(H,37,40)(H,38,39)(H,41,51)(H,42,52)(H,45,46)(H,47,48)/t24-,25-,27-,28-/m0/s1. The lowest BCUT2D eigenvalue weighted by molar-refractivity contribution is -0.143. The quantitative estimate of drug-likeness (QED) is 0.122. The Morgan fingerprint density at radius 2 is 1.28 bits per heavy atom. The van der Waals surface area contributed by atoms with Gasteiger partial charge in [-0.1, -0.05) is 30.3 Å². The first-order valence-corrected chi connectivity index (χ1v) is 17.3. The molecule has 4 aromatic rings. The van der Waals surface area contributed by atoms with Crippen LogP contribution in [0.3, 0.4) is 0 Å². The van der Waals surface area contributed by atoms with Gasteiger partial charge in [0.1, 0.15) is 23.7 Å². The van der Waals surface area contributed by atoms with E-state index >= 15 is 0 Å². The van der Waals surface area contributed by atoms with Crippen molar-refractivity contribution in [3.05, 3.63) is 60.3 Å². The van der Waals surface area contributed by atoms with Crippen molar-refractivity contribution in [3.63, 3.8) is 0 Å². The first-order chi connectivity index (χ1) is 25.9. The Labute approximate surface area is 308 Å². The fourth-order valence-electron chi connectivity index (χ4n) is 7.04. The summed E-state index contributed by atoms with van der Waals surface area (Å²) >= 11 is 0. The number of aromatic nitrogens is 4. The highest BCUT2D eigenvalue weighted by Gasteiger charge is 2.38. The number of hydrogen-bond donors (Lipinski definition) is 6. The molecule has 18 nitrogen and oxygen atoms in total. The average molecular weight is 745 g/mol. The second kappa shape index (κ2) is 16.1. The monoisotopic (exact) mass is 744 g/mol. The number of aromatic amines is 2. The van der Waals surface area contributed by atoms with Crippen molar-refractivity contribution < 1.29 is 48.5 Å². The molecule has 6 rings (SSSR count). The lowest BCUT2D eigenvalue weighted by Gasteiger charge is -2.27. The number of likely N-dealkylation sites (tertiary alicyclic amines) is 2. The number of carbonyl (C=O) groups excluding carboxylic acids is 4. The zero-order valence-electron chi connectivity index (χ0n) is 29.5. The van der Waals surface area contributed by atoms with Crippen LogP contribution in [0.25, 0.3) is 33.4 Å². The number of methoxy groups -OCH3 is 2. The number of imidazole rings is 2. The Morgan fingerprint density at radius 3 is 1.81 bits per heavy atom. The van der Waals surface area contributed by atoms with Crippen LogP contribution >= 0.6 is 0 Å². The number of hydrogen-bond acceptors (Lipinski definition) is 10. The Hall–Kier alpha value is -6.46. The lowest BCUT2D eigenvalue weighted by Crippen LogP contribution is -2.49. The molecule has 2 aromatic carbocycles. The van der Waals surface area contributed by atoms with E-state index in [0.717, 1.165) is 42.1 Å². The minimum atomic E-state index is -1.29. The van der Waals surface area contributed by atoms with Gasteiger partial charge < -0.3 is 50.1 Å². The number of carboxylic acid groups (broad SMARTS) is 2. The van der Waals surface area contributed by atoms with Gasteiger partial charge in [0.15, 0.2) is 0 Å². The maximum atomic E-state index is 13.4. The van der Waals surface area contributed by atoms with E-state index in [0.29, 0.717) is 55.9 Å². The van der Waals surface area contributed by atoms with Crippen molar-refractivity contribution in [1.82, 2.24) is 40.4 Å². The third-order valence-electron chi connectivity index (χ3n) is 9.64. The molecule has 4 heterocycles. The van der Waals surface area contributed by atoms with E-state index in [1.807, 2.05) is 42.5 Å². The summed E-state index contributed by atoms with van der Waals surface area (Å²) in [6.07, 6.45) is 1.30. The molecule has 2 aliphatic rings. The Bertz CT molecular complexity index is 2060. The SMILES string of the molecule is COC(=O)N[C@@H](CC(=O)O)C(=O)N1CCC[C@H]1c1ncc(-c2ccc(-c3ccc4nc([C@@H]5CCCN5C(=O)[C@H](CC(=O)O)NC(=O)OC)[nH]c4c3)cc2)[nH]1. The second-order valence-corrected chi connectivity index (χ2v) is 13.1. The number of fused-ring (bicyclic) bond motifs is 1. The molecule has 2 fully saturated rings. The number of aliphatic carboxylic acids is 2. The van der Waals surface area contributed by atoms with Gasteiger partial charge in [-0.15, -0.1) is 0 Å². The van der Waals surface area contributed by atoms with Crippen molar-refractivity contribution in [2.75, 3.05) is 27.3 Å². The summed E-state index contributed by atoms with van der Waals surface area (Å²) in [5.41, 5.74) is 4.86. The molecule has 0 saturated carbocycles. The van der Waals surface area contributed by atoms with Gasteiger partial charge >= 0.3 is 24.1 Å². The Balaban J connectivity index is 1.15. The summed E-state index contributed by atoms with van der Waals surface area (Å²) in [7, 11) is 2.27. The molecule has 18 heteroatoms. The fraction of sp³-hybridized carbons (Fsp3) is 0.389. The number of nitrogens with one attached hydrogen (secondary N) is 4. The van der Waals surface area contributed by atoms with Crippen LogP contribution < -0.4 is 10.6 Å². The van der Waals surface area contributed by atoms with E-state index in [2.05, 4.69) is 35.1 Å². The van der Waals surface area contributed by atoms with E-state index in [1.165, 1.54) is 4.90 Å². The molecule has 54 heavy (non-hydrogen) atoms. The van der Waals surface area contributed by atoms with Crippen molar-refractivity contribution in [1.29, 1.82) is 0 Å². The number of alkyl carbamates (subject to hydrolysis) is 2. The molecular weight excluding hydrogens is 704 g/mol. The Kier molecular flexibility index (Phi) is 11.1. The minimum absolute atomic E-state index is 0.383. The molecule has 4 atom stereocenters. The smallest absolute Gasteiger partial charge is 0.407 e. The zero-order valence-corrected chi connectivity index (χ0v) is 29.5. The molecule has 0 aliphatic carbocycles. The summed E-state index contributed by atoms with van der Waals surface area (Å²) in [4.78, 5) is 92.3. The maximum Gasteiger partial charge on any atom is 0.407 e. The average Bonchev–Trinajstić information content (AvgIpc) is 3.99. The van der Waals surface area contributed by atoms with Crippen molar-refractivity contribution >= 4 is 47.0 Å². The summed E-state index contributed by atoms with van der Waals surface area (Å²) in [6, 6.07) is 10.1. The molecule has 0 bridgehead atoms. The molecule has 2 saturated heterocycles. The number of rotatable bonds is 12. The van der Waals surface area contributed by atoms with Crippen LogP contribution in [0.4, 0.5) is 9.59 Å². The van der Waals surface area contributed by atoms with Gasteiger partial charge in [0.25, 0.3) is 0 Å². The molecule has 0 spiro atoms. The number of benzene rings is 2. The molecule has 6 N–H and O–H groups in total. The van der Waals surface area contributed by atoms with Crippen molar-refractivity contribution in [2.24, 2.45) is 0 Å². The highest BCUT2D eigenvalue weighted by atomic mass is 16.5. The van der Waals surface area contributed by atoms with E-state index < -0.39 is 72.9 Å². The number of carbonyl (C=O) groups is 6. The van der Waals surface area contributed by atoms with Crippen LogP contribution in [0, 0.1) is 0 Å². The third-order valence-corrected chi connectivity index (χ3v) is 9.64. The number of carboxylic acids is 2. The Morgan fingerprint density at radius 1 is 0.759 bits per heavy atom. The van der Waals surface area contributed by atoms with Gasteiger partial charge in [-0.3, -0.25) is 19.2 Å².